The first-order valence-electron chi connectivity index (χ1n) is 8.48. The molecule has 0 saturated carbocycles. The third-order valence-electron chi connectivity index (χ3n) is 4.15. The van der Waals surface area contributed by atoms with Gasteiger partial charge in [-0.05, 0) is 19.9 Å². The first-order valence-corrected chi connectivity index (χ1v) is 8.48. The second-order valence-corrected chi connectivity index (χ2v) is 6.32. The molecule has 3 aromatic rings. The van der Waals surface area contributed by atoms with Gasteiger partial charge in [0.15, 0.2) is 6.10 Å². The van der Waals surface area contributed by atoms with Crippen LogP contribution in [0.25, 0.3) is 0 Å². The molecule has 7 heteroatoms. The van der Waals surface area contributed by atoms with Gasteiger partial charge in [-0.2, -0.15) is 0 Å². The van der Waals surface area contributed by atoms with E-state index in [4.69, 9.17) is 9.15 Å². The molecule has 7 nitrogen and oxygen atoms in total. The molecule has 0 fully saturated rings. The molecule has 2 aromatic carbocycles. The van der Waals surface area contributed by atoms with Crippen LogP contribution in [0.4, 0.5) is 5.88 Å². The van der Waals surface area contributed by atoms with Crippen molar-refractivity contribution >= 4 is 17.6 Å². The number of carbonyl (C=O) groups excluding carboxylic acids is 2. The first-order chi connectivity index (χ1) is 13.3. The van der Waals surface area contributed by atoms with Gasteiger partial charge in [0.25, 0.3) is 0 Å². The fourth-order valence-corrected chi connectivity index (χ4v) is 2.58. The molecule has 0 aliphatic carbocycles. The summed E-state index contributed by atoms with van der Waals surface area (Å²) in [6, 6.07) is 16.1. The van der Waals surface area contributed by atoms with Gasteiger partial charge in [0.2, 0.25) is 11.5 Å². The van der Waals surface area contributed by atoms with E-state index in [1.165, 1.54) is 0 Å². The van der Waals surface area contributed by atoms with Gasteiger partial charge in [0.1, 0.15) is 4.92 Å². The predicted molar refractivity (Wildman–Crippen MR) is 100 cm³/mol. The molecule has 3 rings (SSSR count). The number of nitro groups is 1. The third-order valence-corrected chi connectivity index (χ3v) is 4.15. The highest BCUT2D eigenvalue weighted by atomic mass is 16.7. The van der Waals surface area contributed by atoms with Crippen molar-refractivity contribution in [3.8, 4) is 0 Å². The molecule has 0 amide bonds. The van der Waals surface area contributed by atoms with E-state index >= 15 is 0 Å². The highest BCUT2D eigenvalue weighted by molar-refractivity contribution is 6.01. The molecular formula is C21H17NO6. The predicted octanol–water partition coefficient (Wildman–Crippen LogP) is 4.59. The number of Topliss-reactive ketones (excluding diaryl/α,β-unsaturated/α-hetero) is 1. The molecule has 1 aromatic heterocycles. The number of esters is 1. The normalized spacial score (nSPS) is 11.6. The molecule has 28 heavy (non-hydrogen) atoms. The van der Waals surface area contributed by atoms with Crippen LogP contribution in [0.1, 0.15) is 43.7 Å². The maximum Gasteiger partial charge on any atom is 0.433 e. The monoisotopic (exact) mass is 379 g/mol. The summed E-state index contributed by atoms with van der Waals surface area (Å²) in [4.78, 5) is 35.4. The Bertz CT molecular complexity index is 1020. The lowest BCUT2D eigenvalue weighted by molar-refractivity contribution is -0.402. The number of hydrogen-bond acceptors (Lipinski definition) is 6. The van der Waals surface area contributed by atoms with Crippen LogP contribution in [-0.2, 0) is 4.74 Å². The summed E-state index contributed by atoms with van der Waals surface area (Å²) >= 11 is 0. The number of carbonyl (C=O) groups is 2. The van der Waals surface area contributed by atoms with E-state index < -0.39 is 28.7 Å². The number of benzene rings is 2. The Morgan fingerprint density at radius 2 is 1.50 bits per heavy atom. The number of nitrogens with zero attached hydrogens (tertiary/aromatic N) is 1. The van der Waals surface area contributed by atoms with Crippen LogP contribution in [0.3, 0.4) is 0 Å². The van der Waals surface area contributed by atoms with Gasteiger partial charge >= 0.3 is 11.9 Å². The molecule has 1 atom stereocenters. The average molecular weight is 379 g/mol. The minimum atomic E-state index is -1.21. The van der Waals surface area contributed by atoms with E-state index in [-0.39, 0.29) is 5.76 Å². The summed E-state index contributed by atoms with van der Waals surface area (Å²) in [7, 11) is 0. The smallest absolute Gasteiger partial charge is 0.433 e. The van der Waals surface area contributed by atoms with Gasteiger partial charge in [-0.15, -0.1) is 0 Å². The molecule has 0 spiro atoms. The van der Waals surface area contributed by atoms with E-state index in [2.05, 4.69) is 0 Å². The topological polar surface area (TPSA) is 99.7 Å². The van der Waals surface area contributed by atoms with E-state index in [0.29, 0.717) is 11.1 Å². The van der Waals surface area contributed by atoms with Crippen molar-refractivity contribution in [1.29, 1.82) is 0 Å². The number of hydrogen-bond donors (Lipinski definition) is 0. The zero-order valence-corrected chi connectivity index (χ0v) is 15.2. The Kier molecular flexibility index (Phi) is 5.35. The Balaban J connectivity index is 1.92. The third kappa shape index (κ3) is 4.15. The average Bonchev–Trinajstić information content (AvgIpc) is 3.18. The summed E-state index contributed by atoms with van der Waals surface area (Å²) in [5, 5.41) is 10.7. The van der Waals surface area contributed by atoms with Crippen LogP contribution in [0.15, 0.2) is 65.1 Å². The van der Waals surface area contributed by atoms with Crippen LogP contribution in [0, 0.1) is 24.0 Å². The molecule has 0 unspecified atom stereocenters. The van der Waals surface area contributed by atoms with Crippen LogP contribution in [0.5, 0.6) is 0 Å². The van der Waals surface area contributed by atoms with Crippen molar-refractivity contribution in [3.63, 3.8) is 0 Å². The molecule has 0 N–H and O–H groups in total. The number of aryl methyl sites for hydroxylation is 2. The molecule has 142 valence electrons. The van der Waals surface area contributed by atoms with Gasteiger partial charge in [0.05, 0.1) is 6.07 Å². The molecule has 0 bridgehead atoms. The molecule has 0 aliphatic heterocycles. The second kappa shape index (κ2) is 7.87. The lowest BCUT2D eigenvalue weighted by Gasteiger charge is -2.17. The van der Waals surface area contributed by atoms with Crippen LogP contribution < -0.4 is 0 Å². The largest absolute Gasteiger partial charge is 0.443 e. The van der Waals surface area contributed by atoms with Crippen molar-refractivity contribution in [3.05, 3.63) is 98.8 Å². The molecular weight excluding hydrogens is 362 g/mol. The molecule has 1 heterocycles. The Morgan fingerprint density at radius 3 is 2.04 bits per heavy atom. The number of ketones is 1. The maximum atomic E-state index is 13.0. The maximum absolute atomic E-state index is 13.0. The zero-order chi connectivity index (χ0) is 20.3. The highest BCUT2D eigenvalue weighted by Gasteiger charge is 2.29. The van der Waals surface area contributed by atoms with Crippen LogP contribution >= 0.6 is 0 Å². The SMILES string of the molecule is Cc1ccc(C(=O)[C@H](OC(=O)c2ccc([N+](=O)[O-])o2)c2ccc(C)cc2)cc1. The van der Waals surface area contributed by atoms with Crippen molar-refractivity contribution in [2.45, 2.75) is 20.0 Å². The molecule has 0 saturated heterocycles. The van der Waals surface area contributed by atoms with E-state index in [9.17, 15) is 19.7 Å². The number of furan rings is 1. The molecule has 0 aliphatic rings. The van der Waals surface area contributed by atoms with E-state index in [1.807, 2.05) is 13.8 Å². The standard InChI is InChI=1S/C21H17NO6/c1-13-3-7-15(8-4-13)19(23)20(16-9-5-14(2)6-10-16)28-21(24)17-11-12-18(27-17)22(25)26/h3-12,20H,1-2H3/t20-/m1/s1. The summed E-state index contributed by atoms with van der Waals surface area (Å²) in [6.45, 7) is 3.80. The van der Waals surface area contributed by atoms with Gasteiger partial charge in [-0.1, -0.05) is 59.7 Å². The van der Waals surface area contributed by atoms with Gasteiger partial charge in [0, 0.05) is 11.1 Å². The van der Waals surface area contributed by atoms with Crippen molar-refractivity contribution in [1.82, 2.24) is 0 Å². The Labute approximate surface area is 160 Å². The van der Waals surface area contributed by atoms with Crippen LogP contribution in [0.2, 0.25) is 0 Å². The van der Waals surface area contributed by atoms with Crippen molar-refractivity contribution in [2.75, 3.05) is 0 Å². The quantitative estimate of drug-likeness (QED) is 0.269. The van der Waals surface area contributed by atoms with Gasteiger partial charge < -0.3 is 9.15 Å². The van der Waals surface area contributed by atoms with Crippen molar-refractivity contribution < 1.29 is 23.7 Å². The first kappa shape index (κ1) is 19.0. The lowest BCUT2D eigenvalue weighted by atomic mass is 9.98. The summed E-state index contributed by atoms with van der Waals surface area (Å²) in [6.07, 6.45) is -1.21. The van der Waals surface area contributed by atoms with Crippen LogP contribution in [-0.4, -0.2) is 16.7 Å². The molecule has 0 radical (unpaired) electrons. The van der Waals surface area contributed by atoms with Crippen molar-refractivity contribution in [2.24, 2.45) is 0 Å². The minimum absolute atomic E-state index is 0.347. The number of rotatable bonds is 6. The fourth-order valence-electron chi connectivity index (χ4n) is 2.58. The Morgan fingerprint density at radius 1 is 0.929 bits per heavy atom. The zero-order valence-electron chi connectivity index (χ0n) is 15.2. The minimum Gasteiger partial charge on any atom is -0.443 e. The summed E-state index contributed by atoms with van der Waals surface area (Å²) in [5.74, 6) is -2.29. The van der Waals surface area contributed by atoms with Gasteiger partial charge in [-0.25, -0.2) is 4.79 Å². The van der Waals surface area contributed by atoms with Gasteiger partial charge in [-0.3, -0.25) is 14.9 Å². The second-order valence-electron chi connectivity index (χ2n) is 6.32. The Hall–Kier alpha value is -3.74. The highest BCUT2D eigenvalue weighted by Crippen LogP contribution is 2.26. The summed E-state index contributed by atoms with van der Waals surface area (Å²) < 4.78 is 10.3. The number of ether oxygens (including phenoxy) is 1. The van der Waals surface area contributed by atoms with E-state index in [1.54, 1.807) is 48.5 Å². The lowest BCUT2D eigenvalue weighted by Crippen LogP contribution is -2.20. The fraction of sp³-hybridized carbons (Fsp3) is 0.143. The summed E-state index contributed by atoms with van der Waals surface area (Å²) in [5.41, 5.74) is 2.85. The van der Waals surface area contributed by atoms with E-state index in [0.717, 1.165) is 23.3 Å².